The number of nitrogens with zero attached hydrogens (tertiary/aromatic N) is 4. The summed E-state index contributed by atoms with van der Waals surface area (Å²) < 4.78 is 0. The first-order chi connectivity index (χ1) is 8.11. The van der Waals surface area contributed by atoms with Crippen LogP contribution in [0.2, 0.25) is 10.3 Å². The highest BCUT2D eigenvalue weighted by Crippen LogP contribution is 2.25. The fraction of sp³-hybridized carbons (Fsp3) is 0.636. The first-order valence-corrected chi connectivity index (χ1v) is 6.52. The molecule has 0 amide bonds. The third-order valence-electron chi connectivity index (χ3n) is 3.03. The molecule has 0 bridgehead atoms. The van der Waals surface area contributed by atoms with Gasteiger partial charge in [-0.1, -0.05) is 30.1 Å². The molecule has 1 aliphatic heterocycles. The van der Waals surface area contributed by atoms with E-state index in [1.54, 1.807) is 0 Å². The number of halogens is 2. The van der Waals surface area contributed by atoms with Crippen molar-refractivity contribution in [3.63, 3.8) is 0 Å². The van der Waals surface area contributed by atoms with Crippen molar-refractivity contribution in [2.45, 2.75) is 13.3 Å². The number of aromatic nitrogens is 2. The summed E-state index contributed by atoms with van der Waals surface area (Å²) in [5.74, 6) is 0.644. The van der Waals surface area contributed by atoms with Crippen LogP contribution in [-0.2, 0) is 6.42 Å². The zero-order chi connectivity index (χ0) is 12.4. The predicted octanol–water partition coefficient (Wildman–Crippen LogP) is 2.10. The van der Waals surface area contributed by atoms with Crippen LogP contribution in [0.15, 0.2) is 0 Å². The van der Waals surface area contributed by atoms with Crippen LogP contribution in [-0.4, -0.2) is 48.1 Å². The molecule has 4 nitrogen and oxygen atoms in total. The Hall–Kier alpha value is -0.580. The molecule has 1 saturated heterocycles. The molecule has 0 atom stereocenters. The number of hydrogen-bond acceptors (Lipinski definition) is 4. The van der Waals surface area contributed by atoms with Gasteiger partial charge in [0.15, 0.2) is 0 Å². The topological polar surface area (TPSA) is 32.3 Å². The quantitative estimate of drug-likeness (QED) is 0.774. The molecule has 94 valence electrons. The highest BCUT2D eigenvalue weighted by molar-refractivity contribution is 6.34. The van der Waals surface area contributed by atoms with Crippen molar-refractivity contribution in [2.24, 2.45) is 0 Å². The SMILES string of the molecule is CCc1c(Cl)nc(N2CCN(C)CC2)nc1Cl. The van der Waals surface area contributed by atoms with Gasteiger partial charge in [0.2, 0.25) is 5.95 Å². The molecular weight excluding hydrogens is 259 g/mol. The summed E-state index contributed by atoms with van der Waals surface area (Å²) in [5.41, 5.74) is 0.825. The van der Waals surface area contributed by atoms with E-state index in [4.69, 9.17) is 23.2 Å². The van der Waals surface area contributed by atoms with E-state index < -0.39 is 0 Å². The zero-order valence-corrected chi connectivity index (χ0v) is 11.6. The zero-order valence-electron chi connectivity index (χ0n) is 10.1. The first-order valence-electron chi connectivity index (χ1n) is 5.77. The minimum absolute atomic E-state index is 0.474. The second-order valence-corrected chi connectivity index (χ2v) is 4.94. The smallest absolute Gasteiger partial charge is 0.228 e. The number of piperazine rings is 1. The maximum absolute atomic E-state index is 6.11. The number of likely N-dealkylation sites (N-methyl/N-ethyl adjacent to an activating group) is 1. The van der Waals surface area contributed by atoms with Crippen molar-refractivity contribution in [2.75, 3.05) is 38.1 Å². The highest BCUT2D eigenvalue weighted by atomic mass is 35.5. The molecule has 0 unspecified atom stereocenters. The molecule has 2 heterocycles. The molecule has 0 spiro atoms. The molecular formula is C11H16Cl2N4. The maximum Gasteiger partial charge on any atom is 0.228 e. The van der Waals surface area contributed by atoms with Gasteiger partial charge in [-0.15, -0.1) is 0 Å². The lowest BCUT2D eigenvalue weighted by Gasteiger charge is -2.32. The van der Waals surface area contributed by atoms with Gasteiger partial charge >= 0.3 is 0 Å². The standard InChI is InChI=1S/C11H16Cl2N4/c1-3-8-9(12)14-11(15-10(8)13)17-6-4-16(2)5-7-17/h3-7H2,1-2H3. The van der Waals surface area contributed by atoms with Crippen LogP contribution in [0.1, 0.15) is 12.5 Å². The molecule has 1 aliphatic rings. The van der Waals surface area contributed by atoms with Crippen LogP contribution >= 0.6 is 23.2 Å². The Morgan fingerprint density at radius 1 is 1.06 bits per heavy atom. The van der Waals surface area contributed by atoms with Crippen molar-refractivity contribution >= 4 is 29.2 Å². The van der Waals surface area contributed by atoms with Gasteiger partial charge in [-0.05, 0) is 13.5 Å². The van der Waals surface area contributed by atoms with Gasteiger partial charge in [0.05, 0.1) is 0 Å². The Morgan fingerprint density at radius 3 is 2.06 bits per heavy atom. The third-order valence-corrected chi connectivity index (χ3v) is 3.66. The Morgan fingerprint density at radius 2 is 1.59 bits per heavy atom. The first kappa shape index (κ1) is 12.9. The average molecular weight is 275 g/mol. The summed E-state index contributed by atoms with van der Waals surface area (Å²) >= 11 is 12.2. The molecule has 1 aromatic rings. The normalized spacial score (nSPS) is 17.5. The fourth-order valence-electron chi connectivity index (χ4n) is 1.86. The Kier molecular flexibility index (Phi) is 4.07. The van der Waals surface area contributed by atoms with E-state index in [2.05, 4.69) is 26.8 Å². The minimum atomic E-state index is 0.474. The van der Waals surface area contributed by atoms with Crippen LogP contribution in [0.5, 0.6) is 0 Å². The van der Waals surface area contributed by atoms with E-state index in [-0.39, 0.29) is 0 Å². The van der Waals surface area contributed by atoms with Crippen LogP contribution in [0.3, 0.4) is 0 Å². The van der Waals surface area contributed by atoms with Crippen LogP contribution in [0, 0.1) is 0 Å². The lowest BCUT2D eigenvalue weighted by Crippen LogP contribution is -2.45. The maximum atomic E-state index is 6.11. The third kappa shape index (κ3) is 2.81. The fourth-order valence-corrected chi connectivity index (χ4v) is 2.51. The van der Waals surface area contributed by atoms with Gasteiger partial charge in [0.25, 0.3) is 0 Å². The minimum Gasteiger partial charge on any atom is -0.338 e. The van der Waals surface area contributed by atoms with Crippen LogP contribution in [0.4, 0.5) is 5.95 Å². The van der Waals surface area contributed by atoms with E-state index in [0.29, 0.717) is 16.3 Å². The summed E-state index contributed by atoms with van der Waals surface area (Å²) in [6.07, 6.45) is 0.751. The average Bonchev–Trinajstić information content (AvgIpc) is 2.29. The van der Waals surface area contributed by atoms with Crippen molar-refractivity contribution in [3.8, 4) is 0 Å². The lowest BCUT2D eigenvalue weighted by molar-refractivity contribution is 0.311. The summed E-state index contributed by atoms with van der Waals surface area (Å²) in [4.78, 5) is 13.1. The van der Waals surface area contributed by atoms with Crippen molar-refractivity contribution in [3.05, 3.63) is 15.9 Å². The molecule has 0 saturated carbocycles. The van der Waals surface area contributed by atoms with Gasteiger partial charge in [0.1, 0.15) is 10.3 Å². The van der Waals surface area contributed by atoms with E-state index in [9.17, 15) is 0 Å². The molecule has 2 rings (SSSR count). The molecule has 0 radical (unpaired) electrons. The molecule has 0 aliphatic carbocycles. The summed E-state index contributed by atoms with van der Waals surface area (Å²) in [5, 5.41) is 0.947. The second kappa shape index (κ2) is 5.38. The largest absolute Gasteiger partial charge is 0.338 e. The van der Waals surface area contributed by atoms with Crippen LogP contribution in [0.25, 0.3) is 0 Å². The van der Waals surface area contributed by atoms with E-state index >= 15 is 0 Å². The van der Waals surface area contributed by atoms with E-state index in [0.717, 1.165) is 38.2 Å². The van der Waals surface area contributed by atoms with Gasteiger partial charge < -0.3 is 9.80 Å². The molecule has 1 fully saturated rings. The Labute approximate surface area is 112 Å². The van der Waals surface area contributed by atoms with Gasteiger partial charge in [-0.3, -0.25) is 0 Å². The van der Waals surface area contributed by atoms with Gasteiger partial charge in [-0.25, -0.2) is 9.97 Å². The van der Waals surface area contributed by atoms with Crippen molar-refractivity contribution in [1.82, 2.24) is 14.9 Å². The molecule has 1 aromatic heterocycles. The second-order valence-electron chi connectivity index (χ2n) is 4.23. The van der Waals surface area contributed by atoms with Gasteiger partial charge in [0, 0.05) is 31.7 Å². The Balaban J connectivity index is 2.22. The van der Waals surface area contributed by atoms with Crippen molar-refractivity contribution in [1.29, 1.82) is 0 Å². The highest BCUT2D eigenvalue weighted by Gasteiger charge is 2.19. The van der Waals surface area contributed by atoms with Crippen molar-refractivity contribution < 1.29 is 0 Å². The van der Waals surface area contributed by atoms with Gasteiger partial charge in [-0.2, -0.15) is 0 Å². The van der Waals surface area contributed by atoms with E-state index in [1.165, 1.54) is 0 Å². The summed E-state index contributed by atoms with van der Waals surface area (Å²) in [7, 11) is 2.11. The number of rotatable bonds is 2. The summed E-state index contributed by atoms with van der Waals surface area (Å²) in [6.45, 7) is 5.83. The molecule has 6 heteroatoms. The Bertz CT molecular complexity index is 379. The molecule has 0 N–H and O–H groups in total. The molecule has 0 aromatic carbocycles. The lowest BCUT2D eigenvalue weighted by atomic mass is 10.3. The molecule has 17 heavy (non-hydrogen) atoms. The van der Waals surface area contributed by atoms with E-state index in [1.807, 2.05) is 6.92 Å². The monoisotopic (exact) mass is 274 g/mol. The van der Waals surface area contributed by atoms with Crippen LogP contribution < -0.4 is 4.90 Å². The number of anilines is 1. The summed E-state index contributed by atoms with van der Waals surface area (Å²) in [6, 6.07) is 0. The number of hydrogen-bond donors (Lipinski definition) is 0. The predicted molar refractivity (Wildman–Crippen MR) is 71.1 cm³/mol.